The van der Waals surface area contributed by atoms with Crippen LogP contribution in [0.3, 0.4) is 0 Å². The molecule has 1 aromatic rings. The second-order valence-corrected chi connectivity index (χ2v) is 4.45. The molecule has 1 atom stereocenters. The smallest absolute Gasteiger partial charge is 0.239 e. The summed E-state index contributed by atoms with van der Waals surface area (Å²) in [5.41, 5.74) is 8.71. The summed E-state index contributed by atoms with van der Waals surface area (Å²) in [5, 5.41) is 3.19. The van der Waals surface area contributed by atoms with E-state index in [2.05, 4.69) is 5.32 Å². The normalized spacial score (nSPS) is 12.8. The average Bonchev–Trinajstić information content (AvgIpc) is 2.18. The molecule has 0 radical (unpaired) electrons. The van der Waals surface area contributed by atoms with E-state index in [0.717, 1.165) is 11.1 Å². The lowest BCUT2D eigenvalue weighted by Gasteiger charge is -2.21. The molecule has 0 heterocycles. The highest BCUT2D eigenvalue weighted by Gasteiger charge is 2.20. The summed E-state index contributed by atoms with van der Waals surface area (Å²) in [6.07, 6.45) is 0. The largest absolute Gasteiger partial charge is 0.368 e. The van der Waals surface area contributed by atoms with Crippen LogP contribution in [0, 0.1) is 13.8 Å². The lowest BCUT2D eigenvalue weighted by molar-refractivity contribution is -0.120. The molecule has 0 aliphatic heterocycles. The summed E-state index contributed by atoms with van der Waals surface area (Å²) in [6.45, 7) is 8.05. The highest BCUT2D eigenvalue weighted by atomic mass is 16.1. The van der Waals surface area contributed by atoms with Crippen molar-refractivity contribution in [1.82, 2.24) is 5.32 Å². The van der Waals surface area contributed by atoms with Crippen LogP contribution in [0.4, 0.5) is 0 Å². The number of rotatable bonds is 4. The molecule has 1 unspecified atom stereocenters. The predicted molar refractivity (Wildman–Crippen MR) is 66.1 cm³/mol. The lowest BCUT2D eigenvalue weighted by Crippen LogP contribution is -2.37. The van der Waals surface area contributed by atoms with Gasteiger partial charge in [0.1, 0.15) is 6.04 Å². The van der Waals surface area contributed by atoms with Crippen molar-refractivity contribution in [2.24, 2.45) is 5.73 Å². The minimum atomic E-state index is -0.403. The number of amides is 1. The summed E-state index contributed by atoms with van der Waals surface area (Å²) in [4.78, 5) is 11.5. The van der Waals surface area contributed by atoms with Crippen LogP contribution < -0.4 is 11.1 Å². The van der Waals surface area contributed by atoms with Gasteiger partial charge >= 0.3 is 0 Å². The Balaban J connectivity index is 3.11. The minimum Gasteiger partial charge on any atom is -0.368 e. The molecular formula is C13H20N2O. The van der Waals surface area contributed by atoms with Gasteiger partial charge in [-0.15, -0.1) is 0 Å². The quantitative estimate of drug-likeness (QED) is 0.813. The molecule has 0 fully saturated rings. The maximum absolute atomic E-state index is 11.5. The first-order chi connectivity index (χ1) is 7.43. The van der Waals surface area contributed by atoms with E-state index in [-0.39, 0.29) is 11.9 Å². The van der Waals surface area contributed by atoms with Gasteiger partial charge in [-0.3, -0.25) is 10.1 Å². The number of aryl methyl sites for hydroxylation is 1. The van der Waals surface area contributed by atoms with E-state index in [1.807, 2.05) is 45.9 Å². The van der Waals surface area contributed by atoms with E-state index in [9.17, 15) is 4.79 Å². The van der Waals surface area contributed by atoms with E-state index >= 15 is 0 Å². The van der Waals surface area contributed by atoms with E-state index in [1.165, 1.54) is 5.56 Å². The minimum absolute atomic E-state index is 0.220. The number of nitrogens with one attached hydrogen (secondary N) is 1. The SMILES string of the molecule is Cc1cccc(C(NC(C)C)C(N)=O)c1C. The number of primary amides is 1. The van der Waals surface area contributed by atoms with E-state index < -0.39 is 6.04 Å². The van der Waals surface area contributed by atoms with Gasteiger partial charge in [0.2, 0.25) is 5.91 Å². The number of hydrogen-bond donors (Lipinski definition) is 2. The van der Waals surface area contributed by atoms with Crippen molar-refractivity contribution < 1.29 is 4.79 Å². The van der Waals surface area contributed by atoms with Crippen molar-refractivity contribution in [3.05, 3.63) is 34.9 Å². The maximum atomic E-state index is 11.5. The van der Waals surface area contributed by atoms with Crippen LogP contribution in [-0.2, 0) is 4.79 Å². The standard InChI is InChI=1S/C13H20N2O/c1-8(2)15-12(13(14)16)11-7-5-6-9(3)10(11)4/h5-8,12,15H,1-4H3,(H2,14,16). The molecule has 16 heavy (non-hydrogen) atoms. The Bertz CT molecular complexity index is 386. The fourth-order valence-corrected chi connectivity index (χ4v) is 1.75. The molecule has 1 amide bonds. The second kappa shape index (κ2) is 5.12. The third-order valence-corrected chi connectivity index (χ3v) is 2.74. The third-order valence-electron chi connectivity index (χ3n) is 2.74. The van der Waals surface area contributed by atoms with Crippen molar-refractivity contribution >= 4 is 5.91 Å². The van der Waals surface area contributed by atoms with Crippen LogP contribution in [0.25, 0.3) is 0 Å². The summed E-state index contributed by atoms with van der Waals surface area (Å²) in [6, 6.07) is 5.76. The van der Waals surface area contributed by atoms with E-state index in [0.29, 0.717) is 0 Å². The van der Waals surface area contributed by atoms with Crippen LogP contribution in [0.15, 0.2) is 18.2 Å². The van der Waals surface area contributed by atoms with Gasteiger partial charge < -0.3 is 5.73 Å². The Hall–Kier alpha value is -1.35. The predicted octanol–water partition coefficient (Wildman–Crippen LogP) is 1.83. The lowest BCUT2D eigenvalue weighted by atomic mass is 9.96. The zero-order valence-corrected chi connectivity index (χ0v) is 10.4. The van der Waals surface area contributed by atoms with Crippen LogP contribution in [0.5, 0.6) is 0 Å². The molecule has 1 rings (SSSR count). The molecule has 0 saturated heterocycles. The Kier molecular flexibility index (Phi) is 4.07. The topological polar surface area (TPSA) is 55.1 Å². The fourth-order valence-electron chi connectivity index (χ4n) is 1.75. The van der Waals surface area contributed by atoms with E-state index in [4.69, 9.17) is 5.73 Å². The molecular weight excluding hydrogens is 200 g/mol. The molecule has 3 N–H and O–H groups in total. The molecule has 88 valence electrons. The van der Waals surface area contributed by atoms with Crippen molar-refractivity contribution in [2.45, 2.75) is 39.8 Å². The average molecular weight is 220 g/mol. The Morgan fingerprint density at radius 1 is 1.31 bits per heavy atom. The monoisotopic (exact) mass is 220 g/mol. The molecule has 0 aromatic heterocycles. The zero-order valence-electron chi connectivity index (χ0n) is 10.4. The zero-order chi connectivity index (χ0) is 12.3. The van der Waals surface area contributed by atoms with Gasteiger partial charge in [-0.1, -0.05) is 18.2 Å². The van der Waals surface area contributed by atoms with Crippen molar-refractivity contribution in [3.8, 4) is 0 Å². The molecule has 0 bridgehead atoms. The van der Waals surface area contributed by atoms with Crippen molar-refractivity contribution in [3.63, 3.8) is 0 Å². The van der Waals surface area contributed by atoms with Gasteiger partial charge in [-0.2, -0.15) is 0 Å². The molecule has 0 aliphatic carbocycles. The van der Waals surface area contributed by atoms with Gasteiger partial charge in [0.25, 0.3) is 0 Å². The maximum Gasteiger partial charge on any atom is 0.239 e. The molecule has 0 aliphatic rings. The summed E-state index contributed by atoms with van der Waals surface area (Å²) >= 11 is 0. The van der Waals surface area contributed by atoms with Crippen LogP contribution >= 0.6 is 0 Å². The number of benzene rings is 1. The highest BCUT2D eigenvalue weighted by molar-refractivity contribution is 5.82. The summed E-state index contributed by atoms with van der Waals surface area (Å²) in [5.74, 6) is -0.331. The molecule has 0 spiro atoms. The first kappa shape index (κ1) is 12.7. The van der Waals surface area contributed by atoms with Crippen molar-refractivity contribution in [1.29, 1.82) is 0 Å². The molecule has 3 heteroatoms. The second-order valence-electron chi connectivity index (χ2n) is 4.45. The van der Waals surface area contributed by atoms with Crippen LogP contribution in [-0.4, -0.2) is 11.9 Å². The summed E-state index contributed by atoms with van der Waals surface area (Å²) in [7, 11) is 0. The molecule has 3 nitrogen and oxygen atoms in total. The van der Waals surface area contributed by atoms with Crippen LogP contribution in [0.2, 0.25) is 0 Å². The molecule has 0 saturated carbocycles. The van der Waals surface area contributed by atoms with Gasteiger partial charge in [0, 0.05) is 6.04 Å². The summed E-state index contributed by atoms with van der Waals surface area (Å²) < 4.78 is 0. The Labute approximate surface area is 97.0 Å². The fraction of sp³-hybridized carbons (Fsp3) is 0.462. The number of carbonyl (C=O) groups excluding carboxylic acids is 1. The Morgan fingerprint density at radius 2 is 1.94 bits per heavy atom. The number of hydrogen-bond acceptors (Lipinski definition) is 2. The van der Waals surface area contributed by atoms with Gasteiger partial charge in [-0.05, 0) is 44.4 Å². The van der Waals surface area contributed by atoms with Gasteiger partial charge in [-0.25, -0.2) is 0 Å². The first-order valence-electron chi connectivity index (χ1n) is 5.55. The van der Waals surface area contributed by atoms with Crippen molar-refractivity contribution in [2.75, 3.05) is 0 Å². The highest BCUT2D eigenvalue weighted by Crippen LogP contribution is 2.20. The van der Waals surface area contributed by atoms with Crippen LogP contribution in [0.1, 0.15) is 36.6 Å². The van der Waals surface area contributed by atoms with Gasteiger partial charge in [0.15, 0.2) is 0 Å². The third kappa shape index (κ3) is 2.83. The molecule has 1 aromatic carbocycles. The Morgan fingerprint density at radius 3 is 2.44 bits per heavy atom. The first-order valence-corrected chi connectivity index (χ1v) is 5.55. The van der Waals surface area contributed by atoms with Gasteiger partial charge in [0.05, 0.1) is 0 Å². The number of nitrogens with two attached hydrogens (primary N) is 1. The number of carbonyl (C=O) groups is 1. The van der Waals surface area contributed by atoms with E-state index in [1.54, 1.807) is 0 Å².